The highest BCUT2D eigenvalue weighted by molar-refractivity contribution is 7.23. The molecule has 0 bridgehead atoms. The number of carbonyl (C=O) groups is 1. The lowest BCUT2D eigenvalue weighted by molar-refractivity contribution is -0.119. The number of nitrogens with zero attached hydrogens (tertiary/aromatic N) is 3. The topological polar surface area (TPSA) is 64.1 Å². The van der Waals surface area contributed by atoms with Gasteiger partial charge in [-0.05, 0) is 25.2 Å². The first-order valence-corrected chi connectivity index (χ1v) is 10.4. The van der Waals surface area contributed by atoms with Crippen molar-refractivity contribution in [3.63, 3.8) is 0 Å². The zero-order valence-corrected chi connectivity index (χ0v) is 19.0. The summed E-state index contributed by atoms with van der Waals surface area (Å²) in [6.07, 6.45) is 1.37. The van der Waals surface area contributed by atoms with E-state index in [1.807, 2.05) is 0 Å². The summed E-state index contributed by atoms with van der Waals surface area (Å²) in [6, 6.07) is 3.55. The molecular formula is C19H25Cl2N3O4S. The number of likely N-dealkylation sites (N-methyl/N-ethyl adjacent to an activating group) is 1. The lowest BCUT2D eigenvalue weighted by atomic mass is 10.3. The van der Waals surface area contributed by atoms with Crippen molar-refractivity contribution in [3.8, 4) is 5.75 Å². The SMILES string of the molecule is CCN(CC)CCN(C(=O)C1=COCCO1)c1nc2c(OC)ccc(Cl)c2s1.Cl. The molecule has 0 unspecified atom stereocenters. The van der Waals surface area contributed by atoms with Gasteiger partial charge >= 0.3 is 0 Å². The second-order valence-corrected chi connectivity index (χ2v) is 7.49. The fourth-order valence-corrected chi connectivity index (χ4v) is 4.18. The third kappa shape index (κ3) is 5.25. The molecule has 0 saturated carbocycles. The van der Waals surface area contributed by atoms with Gasteiger partial charge in [0, 0.05) is 13.1 Å². The van der Waals surface area contributed by atoms with Crippen LogP contribution in [0.1, 0.15) is 13.8 Å². The number of fused-ring (bicyclic) bond motifs is 1. The highest BCUT2D eigenvalue weighted by Gasteiger charge is 2.27. The Labute approximate surface area is 185 Å². The number of aromatic nitrogens is 1. The van der Waals surface area contributed by atoms with Gasteiger partial charge in [-0.3, -0.25) is 9.69 Å². The van der Waals surface area contributed by atoms with Gasteiger partial charge in [0.25, 0.3) is 5.91 Å². The lowest BCUT2D eigenvalue weighted by Gasteiger charge is -2.26. The van der Waals surface area contributed by atoms with Gasteiger partial charge in [-0.2, -0.15) is 0 Å². The fourth-order valence-electron chi connectivity index (χ4n) is 2.90. The molecule has 0 saturated heterocycles. The van der Waals surface area contributed by atoms with Crippen molar-refractivity contribution in [3.05, 3.63) is 29.2 Å². The number of carbonyl (C=O) groups excluding carboxylic acids is 1. The van der Waals surface area contributed by atoms with Crippen LogP contribution in [0.15, 0.2) is 24.2 Å². The number of halogens is 2. The Bertz CT molecular complexity index is 871. The molecule has 1 amide bonds. The Kier molecular flexibility index (Phi) is 8.82. The van der Waals surface area contributed by atoms with Crippen LogP contribution in [0.2, 0.25) is 5.02 Å². The Morgan fingerprint density at radius 2 is 2.03 bits per heavy atom. The summed E-state index contributed by atoms with van der Waals surface area (Å²) < 4.78 is 17.0. The predicted molar refractivity (Wildman–Crippen MR) is 119 cm³/mol. The molecule has 7 nitrogen and oxygen atoms in total. The van der Waals surface area contributed by atoms with Crippen molar-refractivity contribution in [2.24, 2.45) is 0 Å². The first kappa shape index (κ1) is 23.5. The minimum atomic E-state index is -0.277. The summed E-state index contributed by atoms with van der Waals surface area (Å²) in [4.78, 5) is 21.7. The first-order chi connectivity index (χ1) is 13.6. The number of hydrogen-bond acceptors (Lipinski definition) is 7. The number of benzene rings is 1. The van der Waals surface area contributed by atoms with Crippen LogP contribution in [0.3, 0.4) is 0 Å². The van der Waals surface area contributed by atoms with Crippen molar-refractivity contribution in [2.75, 3.05) is 51.4 Å². The lowest BCUT2D eigenvalue weighted by Crippen LogP contribution is -2.40. The monoisotopic (exact) mass is 461 g/mol. The van der Waals surface area contributed by atoms with E-state index < -0.39 is 0 Å². The molecule has 1 aliphatic heterocycles. The number of hydrogen-bond donors (Lipinski definition) is 0. The second kappa shape index (κ2) is 10.9. The Hall–Kier alpha value is -1.74. The summed E-state index contributed by atoms with van der Waals surface area (Å²) in [7, 11) is 1.59. The minimum Gasteiger partial charge on any atom is -0.494 e. The number of methoxy groups -OCH3 is 1. The van der Waals surface area contributed by atoms with E-state index in [9.17, 15) is 4.79 Å². The standard InChI is InChI=1S/C19H24ClN3O4S.ClH/c1-4-22(5-2)8-9-23(18(24)15-12-26-10-11-27-15)19-21-16-14(25-3)7-6-13(20)17(16)28-19;/h6-7,12H,4-5,8-11H2,1-3H3;1H. The average molecular weight is 462 g/mol. The molecule has 0 radical (unpaired) electrons. The summed E-state index contributed by atoms with van der Waals surface area (Å²) in [5.41, 5.74) is 0.644. The van der Waals surface area contributed by atoms with Gasteiger partial charge in [0.2, 0.25) is 5.76 Å². The average Bonchev–Trinajstić information content (AvgIpc) is 3.18. The molecular weight excluding hydrogens is 437 g/mol. The van der Waals surface area contributed by atoms with Gasteiger partial charge < -0.3 is 19.1 Å². The van der Waals surface area contributed by atoms with Crippen LogP contribution in [0.25, 0.3) is 10.2 Å². The first-order valence-electron chi connectivity index (χ1n) is 9.20. The van der Waals surface area contributed by atoms with Gasteiger partial charge in [-0.1, -0.05) is 36.8 Å². The van der Waals surface area contributed by atoms with Crippen molar-refractivity contribution in [1.29, 1.82) is 0 Å². The largest absolute Gasteiger partial charge is 0.494 e. The summed E-state index contributed by atoms with van der Waals surface area (Å²) in [5.74, 6) is 0.527. The number of thiazole rings is 1. The van der Waals surface area contributed by atoms with Crippen LogP contribution in [0, 0.1) is 0 Å². The Morgan fingerprint density at radius 3 is 2.66 bits per heavy atom. The van der Waals surface area contributed by atoms with Crippen LogP contribution >= 0.6 is 35.3 Å². The van der Waals surface area contributed by atoms with E-state index in [0.29, 0.717) is 47.7 Å². The normalized spacial score (nSPS) is 13.3. The predicted octanol–water partition coefficient (Wildman–Crippen LogP) is 3.94. The van der Waals surface area contributed by atoms with Crippen LogP contribution < -0.4 is 9.64 Å². The molecule has 2 aromatic rings. The third-order valence-corrected chi connectivity index (χ3v) is 6.08. The van der Waals surface area contributed by atoms with Gasteiger partial charge in [-0.25, -0.2) is 4.98 Å². The molecule has 0 spiro atoms. The van der Waals surface area contributed by atoms with Crippen molar-refractivity contribution >= 4 is 56.6 Å². The van der Waals surface area contributed by atoms with Crippen LogP contribution in [-0.2, 0) is 14.3 Å². The maximum Gasteiger partial charge on any atom is 0.298 e. The van der Waals surface area contributed by atoms with Crippen LogP contribution in [-0.4, -0.2) is 62.3 Å². The van der Waals surface area contributed by atoms with Gasteiger partial charge in [-0.15, -0.1) is 12.4 Å². The molecule has 29 heavy (non-hydrogen) atoms. The molecule has 0 N–H and O–H groups in total. The number of amides is 1. The van der Waals surface area contributed by atoms with E-state index in [4.69, 9.17) is 25.8 Å². The van der Waals surface area contributed by atoms with E-state index in [2.05, 4.69) is 23.7 Å². The maximum atomic E-state index is 13.1. The van der Waals surface area contributed by atoms with E-state index in [1.54, 1.807) is 24.1 Å². The number of rotatable bonds is 8. The molecule has 1 aromatic carbocycles. The fraction of sp³-hybridized carbons (Fsp3) is 0.474. The van der Waals surface area contributed by atoms with Crippen LogP contribution in [0.4, 0.5) is 5.13 Å². The van der Waals surface area contributed by atoms with Crippen LogP contribution in [0.5, 0.6) is 5.75 Å². The van der Waals surface area contributed by atoms with E-state index >= 15 is 0 Å². The zero-order chi connectivity index (χ0) is 20.1. The Morgan fingerprint density at radius 1 is 1.28 bits per heavy atom. The van der Waals surface area contributed by atoms with E-state index in [-0.39, 0.29) is 24.1 Å². The minimum absolute atomic E-state index is 0. The number of anilines is 1. The molecule has 0 fully saturated rings. The van der Waals surface area contributed by atoms with E-state index in [0.717, 1.165) is 17.8 Å². The quantitative estimate of drug-likeness (QED) is 0.592. The molecule has 160 valence electrons. The summed E-state index contributed by atoms with van der Waals surface area (Å²) in [6.45, 7) is 7.97. The van der Waals surface area contributed by atoms with Gasteiger partial charge in [0.1, 0.15) is 30.7 Å². The van der Waals surface area contributed by atoms with E-state index in [1.165, 1.54) is 17.6 Å². The molecule has 3 rings (SSSR count). The molecule has 2 heterocycles. The highest BCUT2D eigenvalue weighted by atomic mass is 35.5. The maximum absolute atomic E-state index is 13.1. The van der Waals surface area contributed by atoms with Gasteiger partial charge in [0.05, 0.1) is 16.8 Å². The molecule has 10 heteroatoms. The van der Waals surface area contributed by atoms with Gasteiger partial charge in [0.15, 0.2) is 5.13 Å². The summed E-state index contributed by atoms with van der Waals surface area (Å²) >= 11 is 7.71. The molecule has 1 aromatic heterocycles. The van der Waals surface area contributed by atoms with Crippen molar-refractivity contribution in [1.82, 2.24) is 9.88 Å². The third-order valence-electron chi connectivity index (χ3n) is 4.54. The molecule has 0 aliphatic carbocycles. The van der Waals surface area contributed by atoms with Crippen molar-refractivity contribution in [2.45, 2.75) is 13.8 Å². The number of ether oxygens (including phenoxy) is 3. The summed E-state index contributed by atoms with van der Waals surface area (Å²) in [5, 5.41) is 1.13. The molecule has 1 aliphatic rings. The highest BCUT2D eigenvalue weighted by Crippen LogP contribution is 2.39. The second-order valence-electron chi connectivity index (χ2n) is 6.11. The van der Waals surface area contributed by atoms with Crippen molar-refractivity contribution < 1.29 is 19.0 Å². The zero-order valence-electron chi connectivity index (χ0n) is 16.6. The Balaban J connectivity index is 0.00000300. The smallest absolute Gasteiger partial charge is 0.298 e. The molecule has 0 atom stereocenters.